The molecule has 0 aliphatic heterocycles. The second-order valence-corrected chi connectivity index (χ2v) is 9.02. The van der Waals surface area contributed by atoms with Crippen molar-refractivity contribution in [1.29, 1.82) is 0 Å². The fourth-order valence-corrected chi connectivity index (χ4v) is 3.36. The van der Waals surface area contributed by atoms with E-state index in [1.54, 1.807) is 13.8 Å². The van der Waals surface area contributed by atoms with Crippen LogP contribution in [-0.2, 0) is 24.0 Å². The van der Waals surface area contributed by atoms with E-state index >= 15 is 0 Å². The Morgan fingerprint density at radius 1 is 0.909 bits per heavy atom. The van der Waals surface area contributed by atoms with Crippen molar-refractivity contribution in [1.82, 2.24) is 16.0 Å². The maximum absolute atomic E-state index is 12.9. The van der Waals surface area contributed by atoms with Crippen LogP contribution >= 0.6 is 11.8 Å². The second-order valence-electron chi connectivity index (χ2n) is 8.03. The zero-order valence-corrected chi connectivity index (χ0v) is 20.3. The van der Waals surface area contributed by atoms with Gasteiger partial charge in [-0.15, -0.1) is 0 Å². The molecule has 190 valence electrons. The number of rotatable bonds is 17. The third-order valence-electron chi connectivity index (χ3n) is 4.82. The van der Waals surface area contributed by atoms with Crippen LogP contribution in [0.15, 0.2) is 0 Å². The maximum atomic E-state index is 12.9. The summed E-state index contributed by atoms with van der Waals surface area (Å²) >= 11 is 1.53. The second kappa shape index (κ2) is 16.3. The van der Waals surface area contributed by atoms with Crippen LogP contribution in [0.2, 0.25) is 0 Å². The molecule has 4 atom stereocenters. The fraction of sp³-hybridized carbons (Fsp3) is 0.750. The first-order chi connectivity index (χ1) is 15.4. The molecule has 0 bridgehead atoms. The first-order valence-electron chi connectivity index (χ1n) is 10.8. The largest absolute Gasteiger partial charge is 0.480 e. The van der Waals surface area contributed by atoms with Gasteiger partial charge in [0, 0.05) is 0 Å². The van der Waals surface area contributed by atoms with Crippen molar-refractivity contribution in [2.45, 2.75) is 70.1 Å². The molecule has 10 N–H and O–H groups in total. The van der Waals surface area contributed by atoms with Gasteiger partial charge in [-0.2, -0.15) is 11.8 Å². The first-order valence-corrected chi connectivity index (χ1v) is 12.2. The van der Waals surface area contributed by atoms with Gasteiger partial charge < -0.3 is 38.3 Å². The molecule has 0 aromatic carbocycles. The summed E-state index contributed by atoms with van der Waals surface area (Å²) in [6.45, 7) is 3.60. The Balaban J connectivity index is 5.47. The van der Waals surface area contributed by atoms with Crippen LogP contribution in [-0.4, -0.2) is 77.4 Å². The summed E-state index contributed by atoms with van der Waals surface area (Å²) in [7, 11) is 0. The van der Waals surface area contributed by atoms with Gasteiger partial charge in [-0.05, 0) is 50.2 Å². The molecule has 0 radical (unpaired) electrons. The standard InChI is InChI=1S/C20H38N6O6S/c1-11(2)16(20(31)32)26-19(30)14(10-15(23)27)25-18(29)13(6-4-5-8-21)24-17(28)12(22)7-9-33-3/h11-14,16H,4-10,21-22H2,1-3H3,(H2,23,27)(H,24,28)(H,25,29)(H,26,30)(H,31,32). The number of unbranched alkanes of at least 4 members (excludes halogenated alkanes) is 1. The molecule has 0 saturated carbocycles. The van der Waals surface area contributed by atoms with Crippen LogP contribution in [0.4, 0.5) is 0 Å². The maximum Gasteiger partial charge on any atom is 0.326 e. The summed E-state index contributed by atoms with van der Waals surface area (Å²) in [5, 5.41) is 16.6. The highest BCUT2D eigenvalue weighted by atomic mass is 32.2. The molecule has 12 nitrogen and oxygen atoms in total. The number of carbonyl (C=O) groups excluding carboxylic acids is 4. The number of thioether (sulfide) groups is 1. The molecule has 0 aromatic heterocycles. The van der Waals surface area contributed by atoms with E-state index in [1.165, 1.54) is 11.8 Å². The van der Waals surface area contributed by atoms with Crippen LogP contribution in [0, 0.1) is 5.92 Å². The molecule has 0 aliphatic carbocycles. The summed E-state index contributed by atoms with van der Waals surface area (Å²) in [6, 6.07) is -4.46. The number of carboxylic acids is 1. The van der Waals surface area contributed by atoms with E-state index in [1.807, 2.05) is 6.26 Å². The highest BCUT2D eigenvalue weighted by Gasteiger charge is 2.32. The van der Waals surface area contributed by atoms with Crippen molar-refractivity contribution in [3.05, 3.63) is 0 Å². The van der Waals surface area contributed by atoms with E-state index < -0.39 is 66.1 Å². The van der Waals surface area contributed by atoms with Gasteiger partial charge in [0.25, 0.3) is 0 Å². The molecule has 33 heavy (non-hydrogen) atoms. The number of carbonyl (C=O) groups is 5. The van der Waals surface area contributed by atoms with Crippen LogP contribution in [0.1, 0.15) is 46.0 Å². The molecular weight excluding hydrogens is 452 g/mol. The summed E-state index contributed by atoms with van der Waals surface area (Å²) in [5.41, 5.74) is 16.6. The predicted octanol–water partition coefficient (Wildman–Crippen LogP) is -1.73. The van der Waals surface area contributed by atoms with Gasteiger partial charge in [0.05, 0.1) is 12.5 Å². The average Bonchev–Trinajstić information content (AvgIpc) is 2.73. The van der Waals surface area contributed by atoms with Crippen molar-refractivity contribution in [3.8, 4) is 0 Å². The van der Waals surface area contributed by atoms with E-state index in [0.717, 1.165) is 0 Å². The average molecular weight is 491 g/mol. The van der Waals surface area contributed by atoms with E-state index in [0.29, 0.717) is 31.6 Å². The van der Waals surface area contributed by atoms with Gasteiger partial charge in [0.1, 0.15) is 18.1 Å². The number of hydrogen-bond acceptors (Lipinski definition) is 8. The minimum absolute atomic E-state index is 0.235. The number of amides is 4. The van der Waals surface area contributed by atoms with Gasteiger partial charge in [0.2, 0.25) is 23.6 Å². The first kappa shape index (κ1) is 30.6. The molecule has 0 rings (SSSR count). The third-order valence-corrected chi connectivity index (χ3v) is 5.46. The van der Waals surface area contributed by atoms with Crippen LogP contribution in [0.5, 0.6) is 0 Å². The molecule has 4 amide bonds. The fourth-order valence-electron chi connectivity index (χ4n) is 2.87. The highest BCUT2D eigenvalue weighted by Crippen LogP contribution is 2.07. The van der Waals surface area contributed by atoms with Crippen molar-refractivity contribution in [2.24, 2.45) is 23.1 Å². The van der Waals surface area contributed by atoms with Gasteiger partial charge in [-0.3, -0.25) is 19.2 Å². The van der Waals surface area contributed by atoms with Crippen molar-refractivity contribution in [3.63, 3.8) is 0 Å². The lowest BCUT2D eigenvalue weighted by atomic mass is 10.0. The lowest BCUT2D eigenvalue weighted by molar-refractivity contribution is -0.143. The molecule has 0 aliphatic rings. The summed E-state index contributed by atoms with van der Waals surface area (Å²) in [4.78, 5) is 60.8. The minimum atomic E-state index is -1.41. The molecule has 0 fully saturated rings. The van der Waals surface area contributed by atoms with Gasteiger partial charge in [0.15, 0.2) is 0 Å². The number of aliphatic carboxylic acids is 1. The monoisotopic (exact) mass is 490 g/mol. The van der Waals surface area contributed by atoms with Gasteiger partial charge >= 0.3 is 5.97 Å². The lowest BCUT2D eigenvalue weighted by Gasteiger charge is -2.25. The number of primary amides is 1. The Morgan fingerprint density at radius 2 is 1.48 bits per heavy atom. The highest BCUT2D eigenvalue weighted by molar-refractivity contribution is 7.98. The molecule has 4 unspecified atom stereocenters. The summed E-state index contributed by atoms with van der Waals surface area (Å²) in [6.07, 6.45) is 3.12. The minimum Gasteiger partial charge on any atom is -0.480 e. The Labute approximate surface area is 198 Å². The van der Waals surface area contributed by atoms with E-state index in [2.05, 4.69) is 16.0 Å². The molecule has 0 aromatic rings. The van der Waals surface area contributed by atoms with Gasteiger partial charge in [-0.25, -0.2) is 4.79 Å². The molecule has 0 heterocycles. The topological polar surface area (TPSA) is 220 Å². The van der Waals surface area contributed by atoms with Crippen molar-refractivity contribution in [2.75, 3.05) is 18.6 Å². The molecule has 0 saturated heterocycles. The Bertz CT molecular complexity index is 677. The van der Waals surface area contributed by atoms with Crippen LogP contribution in [0.25, 0.3) is 0 Å². The summed E-state index contributed by atoms with van der Waals surface area (Å²) < 4.78 is 0. The van der Waals surface area contributed by atoms with E-state index in [4.69, 9.17) is 17.2 Å². The third kappa shape index (κ3) is 12.4. The molecule has 0 spiro atoms. The van der Waals surface area contributed by atoms with E-state index in [-0.39, 0.29) is 6.42 Å². The molecular formula is C20H38N6O6S. The van der Waals surface area contributed by atoms with Gasteiger partial charge in [-0.1, -0.05) is 13.8 Å². The molecule has 13 heteroatoms. The smallest absolute Gasteiger partial charge is 0.326 e. The zero-order chi connectivity index (χ0) is 25.6. The summed E-state index contributed by atoms with van der Waals surface area (Å²) in [5.74, 6) is -3.99. The Morgan fingerprint density at radius 3 is 1.97 bits per heavy atom. The lowest BCUT2D eigenvalue weighted by Crippen LogP contribution is -2.58. The number of carboxylic acid groups (broad SMARTS) is 1. The SMILES string of the molecule is CSCCC(N)C(=O)NC(CCCCN)C(=O)NC(CC(N)=O)C(=O)NC(C(=O)O)C(C)C. The van der Waals surface area contributed by atoms with Crippen LogP contribution < -0.4 is 33.2 Å². The normalized spacial score (nSPS) is 14.6. The number of nitrogens with one attached hydrogen (secondary N) is 3. The predicted molar refractivity (Wildman–Crippen MR) is 126 cm³/mol. The Kier molecular flexibility index (Phi) is 15.1. The zero-order valence-electron chi connectivity index (χ0n) is 19.5. The quantitative estimate of drug-likeness (QED) is 0.115. The van der Waals surface area contributed by atoms with E-state index in [9.17, 15) is 29.1 Å². The number of nitrogens with two attached hydrogens (primary N) is 3. The van der Waals surface area contributed by atoms with Crippen LogP contribution in [0.3, 0.4) is 0 Å². The van der Waals surface area contributed by atoms with Crippen molar-refractivity contribution < 1.29 is 29.1 Å². The number of hydrogen-bond donors (Lipinski definition) is 7. The van der Waals surface area contributed by atoms with Crippen molar-refractivity contribution >= 4 is 41.4 Å². The Hall–Kier alpha value is -2.38.